The van der Waals surface area contributed by atoms with Crippen LogP contribution in [0.25, 0.3) is 5.70 Å². The van der Waals surface area contributed by atoms with Gasteiger partial charge in [-0.3, -0.25) is 4.79 Å². The highest BCUT2D eigenvalue weighted by atomic mass is 16.1. The van der Waals surface area contributed by atoms with Gasteiger partial charge in [-0.05, 0) is 18.4 Å². The molecule has 1 aliphatic rings. The van der Waals surface area contributed by atoms with E-state index in [1.54, 1.807) is 6.20 Å². The van der Waals surface area contributed by atoms with Crippen molar-refractivity contribution in [3.05, 3.63) is 66.0 Å². The molecule has 0 unspecified atom stereocenters. The Kier molecular flexibility index (Phi) is 5.93. The average molecular weight is 377 g/mol. The summed E-state index contributed by atoms with van der Waals surface area (Å²) in [4.78, 5) is 16.6. The minimum Gasteiger partial charge on any atom is -0.378 e. The standard InChI is InChI=1S/C23H28N4O/c1-6-22(28)19-9-7-18(8-10-19)16(4)25-17(5)20-11-12-21(15(2)3)27-23(26-20)13-14-24-27/h7-10,12-16,25H,5-6,11H2,1-4H3/t16-/m0/s1. The van der Waals surface area contributed by atoms with Crippen molar-refractivity contribution in [2.45, 2.75) is 46.6 Å². The van der Waals surface area contributed by atoms with Gasteiger partial charge < -0.3 is 5.32 Å². The van der Waals surface area contributed by atoms with Gasteiger partial charge in [-0.15, -0.1) is 0 Å². The first-order valence-corrected chi connectivity index (χ1v) is 9.81. The van der Waals surface area contributed by atoms with Gasteiger partial charge in [0.1, 0.15) is 0 Å². The minimum atomic E-state index is 0.0580. The van der Waals surface area contributed by atoms with Crippen molar-refractivity contribution in [3.8, 4) is 0 Å². The highest BCUT2D eigenvalue weighted by Crippen LogP contribution is 2.27. The first-order chi connectivity index (χ1) is 13.4. The number of fused-ring (bicyclic) bond motifs is 1. The van der Waals surface area contributed by atoms with Gasteiger partial charge in [-0.1, -0.05) is 57.7 Å². The highest BCUT2D eigenvalue weighted by Gasteiger charge is 2.18. The van der Waals surface area contributed by atoms with Crippen molar-refractivity contribution >= 4 is 23.0 Å². The van der Waals surface area contributed by atoms with Crippen molar-refractivity contribution in [1.29, 1.82) is 0 Å². The van der Waals surface area contributed by atoms with E-state index >= 15 is 0 Å². The van der Waals surface area contributed by atoms with Crippen LogP contribution in [0.2, 0.25) is 0 Å². The van der Waals surface area contributed by atoms with E-state index in [-0.39, 0.29) is 11.8 Å². The summed E-state index contributed by atoms with van der Waals surface area (Å²) in [5.74, 6) is 1.34. The third-order valence-electron chi connectivity index (χ3n) is 5.01. The number of aromatic nitrogens is 2. The summed E-state index contributed by atoms with van der Waals surface area (Å²) in [5, 5.41) is 7.87. The van der Waals surface area contributed by atoms with Gasteiger partial charge in [-0.25, -0.2) is 9.67 Å². The Hall–Kier alpha value is -2.95. The first-order valence-electron chi connectivity index (χ1n) is 9.81. The third-order valence-corrected chi connectivity index (χ3v) is 5.01. The van der Waals surface area contributed by atoms with Crippen LogP contribution < -0.4 is 5.32 Å². The van der Waals surface area contributed by atoms with E-state index in [9.17, 15) is 4.79 Å². The van der Waals surface area contributed by atoms with Gasteiger partial charge >= 0.3 is 0 Å². The van der Waals surface area contributed by atoms with Crippen LogP contribution in [0.3, 0.4) is 0 Å². The number of carbonyl (C=O) groups is 1. The Balaban J connectivity index is 1.75. The number of hydrogen-bond acceptors (Lipinski definition) is 4. The molecule has 2 aromatic rings. The summed E-state index contributed by atoms with van der Waals surface area (Å²) >= 11 is 0. The summed E-state index contributed by atoms with van der Waals surface area (Å²) in [7, 11) is 0. The van der Waals surface area contributed by atoms with Gasteiger partial charge in [-0.2, -0.15) is 5.10 Å². The van der Waals surface area contributed by atoms with Crippen molar-refractivity contribution < 1.29 is 4.79 Å². The van der Waals surface area contributed by atoms with Crippen molar-refractivity contribution in [3.63, 3.8) is 0 Å². The fourth-order valence-corrected chi connectivity index (χ4v) is 3.31. The van der Waals surface area contributed by atoms with Crippen LogP contribution >= 0.6 is 0 Å². The van der Waals surface area contributed by atoms with E-state index in [1.165, 1.54) is 0 Å². The number of nitrogens with one attached hydrogen (secondary N) is 1. The Bertz CT molecular complexity index is 932. The molecule has 146 valence electrons. The Morgan fingerprint density at radius 2 is 1.93 bits per heavy atom. The molecule has 1 aliphatic heterocycles. The number of rotatable bonds is 7. The van der Waals surface area contributed by atoms with Gasteiger partial charge in [0.25, 0.3) is 0 Å². The largest absolute Gasteiger partial charge is 0.378 e. The lowest BCUT2D eigenvalue weighted by Gasteiger charge is -2.18. The summed E-state index contributed by atoms with van der Waals surface area (Å²) in [6, 6.07) is 9.75. The molecule has 0 fully saturated rings. The van der Waals surface area contributed by atoms with Crippen molar-refractivity contribution in [2.24, 2.45) is 10.9 Å². The molecule has 3 rings (SSSR count). The van der Waals surface area contributed by atoms with Gasteiger partial charge in [0.15, 0.2) is 11.6 Å². The summed E-state index contributed by atoms with van der Waals surface area (Å²) in [6.07, 6.45) is 5.18. The van der Waals surface area contributed by atoms with Crippen LogP contribution in [0.15, 0.2) is 59.9 Å². The normalized spacial score (nSPS) is 14.6. The Morgan fingerprint density at radius 3 is 2.57 bits per heavy atom. The number of carbonyl (C=O) groups excluding carboxylic acids is 1. The molecule has 1 atom stereocenters. The molecular weight excluding hydrogens is 348 g/mol. The van der Waals surface area contributed by atoms with E-state index in [0.29, 0.717) is 18.8 Å². The smallest absolute Gasteiger partial charge is 0.162 e. The molecule has 0 amide bonds. The number of aliphatic imine (C=N–C) groups is 1. The maximum atomic E-state index is 11.8. The van der Waals surface area contributed by atoms with Crippen LogP contribution in [0.5, 0.6) is 0 Å². The predicted octanol–water partition coefficient (Wildman–Crippen LogP) is 5.31. The minimum absolute atomic E-state index is 0.0580. The lowest BCUT2D eigenvalue weighted by Crippen LogP contribution is -2.22. The number of Topliss-reactive ketones (excluding diaryl/α,β-unsaturated/α-hetero) is 1. The highest BCUT2D eigenvalue weighted by molar-refractivity contribution is 6.02. The zero-order valence-corrected chi connectivity index (χ0v) is 17.1. The van der Waals surface area contributed by atoms with Crippen molar-refractivity contribution in [1.82, 2.24) is 15.1 Å². The molecular formula is C23H28N4O. The number of nitrogens with zero attached hydrogens (tertiary/aromatic N) is 3. The molecule has 0 saturated carbocycles. The summed E-state index contributed by atoms with van der Waals surface area (Å²) < 4.78 is 1.90. The average Bonchev–Trinajstić information content (AvgIpc) is 3.06. The molecule has 0 radical (unpaired) electrons. The third kappa shape index (κ3) is 4.14. The molecule has 0 aliphatic carbocycles. The number of hydrogen-bond donors (Lipinski definition) is 1. The van der Waals surface area contributed by atoms with Gasteiger partial charge in [0.05, 0.1) is 11.9 Å². The number of benzene rings is 1. The molecule has 5 nitrogen and oxygen atoms in total. The predicted molar refractivity (Wildman–Crippen MR) is 115 cm³/mol. The second-order valence-electron chi connectivity index (χ2n) is 7.39. The second-order valence-corrected chi connectivity index (χ2v) is 7.39. The molecule has 28 heavy (non-hydrogen) atoms. The van der Waals surface area contributed by atoms with Crippen molar-refractivity contribution in [2.75, 3.05) is 0 Å². The van der Waals surface area contributed by atoms with E-state index in [4.69, 9.17) is 4.99 Å². The zero-order valence-electron chi connectivity index (χ0n) is 17.1. The molecule has 1 N–H and O–H groups in total. The molecule has 5 heteroatoms. The second kappa shape index (κ2) is 8.38. The molecule has 0 saturated heterocycles. The number of allylic oxidation sites excluding steroid dienone is 3. The zero-order chi connectivity index (χ0) is 20.3. The van der Waals surface area contributed by atoms with Gasteiger partial charge in [0, 0.05) is 41.9 Å². The van der Waals surface area contributed by atoms with E-state index in [1.807, 2.05) is 41.9 Å². The fraction of sp³-hybridized carbons (Fsp3) is 0.348. The Morgan fingerprint density at radius 1 is 1.21 bits per heavy atom. The molecule has 1 aromatic carbocycles. The maximum Gasteiger partial charge on any atom is 0.162 e. The monoisotopic (exact) mass is 376 g/mol. The quantitative estimate of drug-likeness (QED) is 0.666. The molecule has 1 aromatic heterocycles. The van der Waals surface area contributed by atoms with E-state index in [0.717, 1.165) is 34.1 Å². The lowest BCUT2D eigenvalue weighted by molar-refractivity contribution is 0.0988. The summed E-state index contributed by atoms with van der Waals surface area (Å²) in [5.41, 5.74) is 4.71. The van der Waals surface area contributed by atoms with E-state index < -0.39 is 0 Å². The SMILES string of the molecule is C=C(N[C@@H](C)c1ccc(C(=O)CC)cc1)C1=Nc2ccnn2C(C(C)C)=CC1. The van der Waals surface area contributed by atoms with Crippen LogP contribution in [0.4, 0.5) is 5.82 Å². The van der Waals surface area contributed by atoms with Crippen LogP contribution in [-0.2, 0) is 0 Å². The Labute approximate surface area is 166 Å². The fourth-order valence-electron chi connectivity index (χ4n) is 3.31. The molecule has 0 bridgehead atoms. The number of ketones is 1. The van der Waals surface area contributed by atoms with Gasteiger partial charge in [0.2, 0.25) is 0 Å². The molecule has 0 spiro atoms. The maximum absolute atomic E-state index is 11.8. The topological polar surface area (TPSA) is 59.3 Å². The van der Waals surface area contributed by atoms with Crippen LogP contribution in [-0.4, -0.2) is 21.3 Å². The van der Waals surface area contributed by atoms with Crippen LogP contribution in [0, 0.1) is 5.92 Å². The first kappa shape index (κ1) is 19.8. The summed E-state index contributed by atoms with van der Waals surface area (Å²) in [6.45, 7) is 12.5. The lowest BCUT2D eigenvalue weighted by atomic mass is 10.0. The molecule has 2 heterocycles. The van der Waals surface area contributed by atoms with Crippen LogP contribution in [0.1, 0.15) is 62.5 Å². The van der Waals surface area contributed by atoms with E-state index in [2.05, 4.69) is 43.8 Å².